The summed E-state index contributed by atoms with van der Waals surface area (Å²) in [5.41, 5.74) is -0.114. The number of carboxylic acid groups (broad SMARTS) is 1. The molecule has 0 heterocycles. The van der Waals surface area contributed by atoms with Crippen molar-refractivity contribution in [1.29, 1.82) is 0 Å². The molecule has 0 bridgehead atoms. The highest BCUT2D eigenvalue weighted by Gasteiger charge is 2.15. The molecule has 2 rings (SSSR count). The van der Waals surface area contributed by atoms with Crippen LogP contribution in [0.15, 0.2) is 46.9 Å². The summed E-state index contributed by atoms with van der Waals surface area (Å²) in [5.74, 6) is -0.794. The lowest BCUT2D eigenvalue weighted by molar-refractivity contribution is -0.136. The number of ether oxygens (including phenoxy) is 3. The lowest BCUT2D eigenvalue weighted by Gasteiger charge is -2.09. The number of carbonyl (C=O) groups excluding carboxylic acids is 1. The monoisotopic (exact) mass is 380 g/mol. The number of methoxy groups -OCH3 is 1. The second kappa shape index (κ2) is 7.64. The minimum Gasteiger partial charge on any atom is -0.497 e. The van der Waals surface area contributed by atoms with Crippen molar-refractivity contribution < 1.29 is 28.9 Å². The van der Waals surface area contributed by atoms with E-state index in [0.717, 1.165) is 0 Å². The quantitative estimate of drug-likeness (QED) is 0.612. The van der Waals surface area contributed by atoms with Crippen LogP contribution in [0.4, 0.5) is 0 Å². The van der Waals surface area contributed by atoms with Crippen LogP contribution in [0.3, 0.4) is 0 Å². The van der Waals surface area contributed by atoms with Gasteiger partial charge in [-0.3, -0.25) is 0 Å². The van der Waals surface area contributed by atoms with Crippen molar-refractivity contribution >= 4 is 27.9 Å². The standard InChI is InChI=1S/C16H13BrO6/c1-21-11-3-5-12(6-4-11)22-9-15(18)23-14-7-2-10(17)8-13(14)16(19)20/h2-8H,9H2,1H3,(H,19,20). The van der Waals surface area contributed by atoms with Gasteiger partial charge in [0.2, 0.25) is 0 Å². The SMILES string of the molecule is COc1ccc(OCC(=O)Oc2ccc(Br)cc2C(=O)O)cc1. The van der Waals surface area contributed by atoms with E-state index in [1.54, 1.807) is 37.4 Å². The zero-order chi connectivity index (χ0) is 16.8. The number of benzene rings is 2. The molecule has 0 spiro atoms. The van der Waals surface area contributed by atoms with Crippen molar-refractivity contribution in [2.24, 2.45) is 0 Å². The molecule has 0 aliphatic heterocycles. The predicted octanol–water partition coefficient (Wildman–Crippen LogP) is 3.14. The van der Waals surface area contributed by atoms with Gasteiger partial charge in [0.1, 0.15) is 22.8 Å². The van der Waals surface area contributed by atoms with Gasteiger partial charge in [-0.05, 0) is 42.5 Å². The van der Waals surface area contributed by atoms with Crippen LogP contribution >= 0.6 is 15.9 Å². The molecule has 0 saturated heterocycles. The molecule has 2 aromatic carbocycles. The Hall–Kier alpha value is -2.54. The van der Waals surface area contributed by atoms with Gasteiger partial charge >= 0.3 is 11.9 Å². The summed E-state index contributed by atoms with van der Waals surface area (Å²) >= 11 is 3.17. The molecular formula is C16H13BrO6. The van der Waals surface area contributed by atoms with Crippen molar-refractivity contribution in [3.8, 4) is 17.2 Å². The molecule has 0 fully saturated rings. The van der Waals surface area contributed by atoms with Crippen molar-refractivity contribution in [3.63, 3.8) is 0 Å². The smallest absolute Gasteiger partial charge is 0.349 e. The van der Waals surface area contributed by atoms with E-state index in [2.05, 4.69) is 15.9 Å². The van der Waals surface area contributed by atoms with Crippen molar-refractivity contribution in [2.45, 2.75) is 0 Å². The van der Waals surface area contributed by atoms with Gasteiger partial charge in [0.05, 0.1) is 7.11 Å². The van der Waals surface area contributed by atoms with Crippen LogP contribution in [0.2, 0.25) is 0 Å². The zero-order valence-corrected chi connectivity index (χ0v) is 13.7. The number of halogens is 1. The van der Waals surface area contributed by atoms with Crippen molar-refractivity contribution in [1.82, 2.24) is 0 Å². The Kier molecular flexibility index (Phi) is 5.59. The number of carbonyl (C=O) groups is 2. The topological polar surface area (TPSA) is 82.1 Å². The number of hydrogen-bond donors (Lipinski definition) is 1. The predicted molar refractivity (Wildman–Crippen MR) is 85.2 cm³/mol. The Morgan fingerprint density at radius 2 is 1.74 bits per heavy atom. The minimum atomic E-state index is -1.19. The second-order valence-electron chi connectivity index (χ2n) is 4.38. The van der Waals surface area contributed by atoms with Gasteiger partial charge in [0, 0.05) is 4.47 Å². The molecule has 0 radical (unpaired) electrons. The Morgan fingerprint density at radius 1 is 1.09 bits per heavy atom. The van der Waals surface area contributed by atoms with Gasteiger partial charge in [-0.15, -0.1) is 0 Å². The van der Waals surface area contributed by atoms with Crippen LogP contribution in [0.25, 0.3) is 0 Å². The molecule has 0 amide bonds. The molecule has 120 valence electrons. The van der Waals surface area contributed by atoms with E-state index in [1.807, 2.05) is 0 Å². The fourth-order valence-electron chi connectivity index (χ4n) is 1.72. The number of esters is 1. The lowest BCUT2D eigenvalue weighted by atomic mass is 10.2. The van der Waals surface area contributed by atoms with Crippen LogP contribution in [0.5, 0.6) is 17.2 Å². The van der Waals surface area contributed by atoms with Crippen LogP contribution in [-0.2, 0) is 4.79 Å². The Labute approximate surface area is 140 Å². The van der Waals surface area contributed by atoms with E-state index >= 15 is 0 Å². The first kappa shape index (κ1) is 16.8. The fraction of sp³-hybridized carbons (Fsp3) is 0.125. The molecule has 0 aliphatic carbocycles. The summed E-state index contributed by atoms with van der Waals surface area (Å²) in [6.07, 6.45) is 0. The third kappa shape index (κ3) is 4.72. The third-order valence-corrected chi connectivity index (χ3v) is 3.31. The van der Waals surface area contributed by atoms with Gasteiger partial charge in [-0.25, -0.2) is 9.59 Å². The molecule has 7 heteroatoms. The lowest BCUT2D eigenvalue weighted by Crippen LogP contribution is -2.19. The average molecular weight is 381 g/mol. The molecule has 6 nitrogen and oxygen atoms in total. The maximum atomic E-state index is 11.8. The van der Waals surface area contributed by atoms with E-state index in [1.165, 1.54) is 12.1 Å². The largest absolute Gasteiger partial charge is 0.497 e. The van der Waals surface area contributed by atoms with Crippen LogP contribution in [-0.4, -0.2) is 30.8 Å². The summed E-state index contributed by atoms with van der Waals surface area (Å²) in [6.45, 7) is -0.346. The molecule has 23 heavy (non-hydrogen) atoms. The Bertz CT molecular complexity index is 711. The molecule has 0 aliphatic rings. The summed E-state index contributed by atoms with van der Waals surface area (Å²) in [5, 5.41) is 9.11. The minimum absolute atomic E-state index is 0.0379. The van der Waals surface area contributed by atoms with E-state index < -0.39 is 11.9 Å². The first-order valence-electron chi connectivity index (χ1n) is 6.50. The van der Waals surface area contributed by atoms with Crippen LogP contribution < -0.4 is 14.2 Å². The summed E-state index contributed by atoms with van der Waals surface area (Å²) in [4.78, 5) is 22.9. The van der Waals surface area contributed by atoms with Crippen LogP contribution in [0.1, 0.15) is 10.4 Å². The summed E-state index contributed by atoms with van der Waals surface area (Å²) in [7, 11) is 1.55. The number of carboxylic acids is 1. The number of aromatic carboxylic acids is 1. The van der Waals surface area contributed by atoms with Gasteiger partial charge in [0.15, 0.2) is 6.61 Å². The van der Waals surface area contributed by atoms with Gasteiger partial charge in [-0.2, -0.15) is 0 Å². The molecule has 2 aromatic rings. The van der Waals surface area contributed by atoms with Gasteiger partial charge in [0.25, 0.3) is 0 Å². The first-order valence-corrected chi connectivity index (χ1v) is 7.29. The average Bonchev–Trinajstić information content (AvgIpc) is 2.55. The van der Waals surface area contributed by atoms with E-state index in [-0.39, 0.29) is 17.9 Å². The molecular weight excluding hydrogens is 368 g/mol. The van der Waals surface area contributed by atoms with Crippen molar-refractivity contribution in [2.75, 3.05) is 13.7 Å². The molecule has 0 atom stereocenters. The van der Waals surface area contributed by atoms with Crippen LogP contribution in [0, 0.1) is 0 Å². The summed E-state index contributed by atoms with van der Waals surface area (Å²) in [6, 6.07) is 11.0. The van der Waals surface area contributed by atoms with Gasteiger partial charge in [-0.1, -0.05) is 15.9 Å². The molecule has 0 unspecified atom stereocenters. The maximum absolute atomic E-state index is 11.8. The highest BCUT2D eigenvalue weighted by molar-refractivity contribution is 9.10. The first-order chi connectivity index (χ1) is 11.0. The number of rotatable bonds is 6. The Morgan fingerprint density at radius 3 is 2.35 bits per heavy atom. The maximum Gasteiger partial charge on any atom is 0.349 e. The fourth-order valence-corrected chi connectivity index (χ4v) is 2.09. The number of hydrogen-bond acceptors (Lipinski definition) is 5. The third-order valence-electron chi connectivity index (χ3n) is 2.81. The van der Waals surface area contributed by atoms with Crippen molar-refractivity contribution in [3.05, 3.63) is 52.5 Å². The van der Waals surface area contributed by atoms with E-state index in [9.17, 15) is 9.59 Å². The molecule has 0 saturated carbocycles. The highest BCUT2D eigenvalue weighted by atomic mass is 79.9. The normalized spacial score (nSPS) is 10.0. The zero-order valence-electron chi connectivity index (χ0n) is 12.1. The van der Waals surface area contributed by atoms with E-state index in [4.69, 9.17) is 19.3 Å². The molecule has 0 aromatic heterocycles. The van der Waals surface area contributed by atoms with E-state index in [0.29, 0.717) is 16.0 Å². The van der Waals surface area contributed by atoms with Gasteiger partial charge < -0.3 is 19.3 Å². The molecule has 1 N–H and O–H groups in total. The highest BCUT2D eigenvalue weighted by Crippen LogP contribution is 2.23. The summed E-state index contributed by atoms with van der Waals surface area (Å²) < 4.78 is 15.9. The Balaban J connectivity index is 1.98. The second-order valence-corrected chi connectivity index (χ2v) is 5.30.